The molecule has 0 unspecified atom stereocenters. The van der Waals surface area contributed by atoms with Gasteiger partial charge in [-0.15, -0.1) is 0 Å². The second-order valence-electron chi connectivity index (χ2n) is 7.52. The molecule has 0 radical (unpaired) electrons. The van der Waals surface area contributed by atoms with Crippen molar-refractivity contribution in [1.29, 1.82) is 0 Å². The number of hydrogen-bond donors (Lipinski definition) is 0. The zero-order chi connectivity index (χ0) is 14.7. The van der Waals surface area contributed by atoms with Crippen LogP contribution in [0.5, 0.6) is 0 Å². The van der Waals surface area contributed by atoms with E-state index >= 15 is 0 Å². The molecule has 0 fully saturated rings. The van der Waals surface area contributed by atoms with Gasteiger partial charge in [0.05, 0.1) is 0 Å². The fraction of sp³-hybridized carbons (Fsp3) is 1.00. The predicted octanol–water partition coefficient (Wildman–Crippen LogP) is -1.26. The Balaban J connectivity index is 4.75. The van der Waals surface area contributed by atoms with Crippen molar-refractivity contribution in [2.24, 2.45) is 0 Å². The molecule has 0 bridgehead atoms. The van der Waals surface area contributed by atoms with E-state index in [2.05, 4.69) is 61.3 Å². The standard InChI is InChI=1S/2C4H9.6Al.IN3.9H/c2*1-4(2)3;;;;;;;2-1(3)4;;;;;;;;;/h2*1-3H3;;;;;;;;;;;;;;;;/q;;;;;;;+1;;;;;;;;;;. The normalized spacial score (nSPS) is 14.1. The van der Waals surface area contributed by atoms with Gasteiger partial charge in [0.15, 0.2) is 0 Å². The van der Waals surface area contributed by atoms with Gasteiger partial charge in [0.1, 0.15) is 0 Å². The Hall–Kier alpha value is 3.80. The van der Waals surface area contributed by atoms with Gasteiger partial charge in [-0.25, -0.2) is 0 Å². The summed E-state index contributed by atoms with van der Waals surface area (Å²) in [4.78, 5) is 0. The molecule has 0 heterocycles. The topological polar surface area (TPSA) is 9.72 Å². The van der Waals surface area contributed by atoms with Crippen molar-refractivity contribution < 1.29 is 0 Å². The van der Waals surface area contributed by atoms with E-state index < -0.39 is 20.6 Å². The molecular formula is C8H27Al6IN3+. The number of nitrogens with zero attached hydrogens (tertiary/aromatic N) is 3. The number of rotatable bonds is 5. The minimum atomic E-state index is -1.07. The molecule has 0 aliphatic heterocycles. The molecule has 0 aliphatic carbocycles. The zero-order valence-electron chi connectivity index (χ0n) is 13.8. The third-order valence-electron chi connectivity index (χ3n) is 2.11. The number of halogens is 1. The van der Waals surface area contributed by atoms with E-state index in [1.807, 2.05) is 0 Å². The van der Waals surface area contributed by atoms with Crippen LogP contribution in [0.25, 0.3) is 0 Å². The van der Waals surface area contributed by atoms with Gasteiger partial charge >= 0.3 is 171 Å². The van der Waals surface area contributed by atoms with Crippen LogP contribution in [-0.4, -0.2) is 100 Å². The van der Waals surface area contributed by atoms with Crippen molar-refractivity contribution in [1.82, 2.24) is 3.24 Å². The van der Waals surface area contributed by atoms with Crippen molar-refractivity contribution in [3.63, 3.8) is 0 Å². The van der Waals surface area contributed by atoms with Gasteiger partial charge in [0.25, 0.3) is 0 Å². The van der Waals surface area contributed by atoms with E-state index in [0.717, 1.165) is 0 Å². The SMILES string of the molecule is C[C](C)(C)[AlH][N]([AlH+])I([N]([AlH2])[AlH2])[N]([AlH2])[AlH][C](C)(C)C. The van der Waals surface area contributed by atoms with E-state index in [9.17, 15) is 0 Å². The molecule has 0 aromatic carbocycles. The molecule has 0 atom stereocenters. The Labute approximate surface area is 168 Å². The Morgan fingerprint density at radius 3 is 1.56 bits per heavy atom. The molecule has 0 rings (SSSR count). The van der Waals surface area contributed by atoms with Gasteiger partial charge in [0, 0.05) is 0 Å². The van der Waals surface area contributed by atoms with E-state index in [1.165, 1.54) is 49.5 Å². The van der Waals surface area contributed by atoms with Crippen LogP contribution in [0.1, 0.15) is 41.5 Å². The van der Waals surface area contributed by atoms with Crippen LogP contribution in [0, 0.1) is 0 Å². The fourth-order valence-corrected chi connectivity index (χ4v) is 56.2. The molecule has 0 saturated carbocycles. The molecule has 0 spiro atoms. The molecule has 0 aromatic rings. The molecule has 0 N–H and O–H groups in total. The summed E-state index contributed by atoms with van der Waals surface area (Å²) in [6, 6.07) is 0. The van der Waals surface area contributed by atoms with E-state index in [0.29, 0.717) is 8.55 Å². The van der Waals surface area contributed by atoms with Crippen LogP contribution in [0.15, 0.2) is 0 Å². The maximum atomic E-state index is 2.98. The third-order valence-corrected chi connectivity index (χ3v) is 23.3. The van der Waals surface area contributed by atoms with Gasteiger partial charge in [0.2, 0.25) is 0 Å². The average Bonchev–Trinajstić information content (AvgIpc) is 1.93. The van der Waals surface area contributed by atoms with Crippen LogP contribution >= 0.6 is 20.6 Å². The summed E-state index contributed by atoms with van der Waals surface area (Å²) in [6.07, 6.45) is 0. The Morgan fingerprint density at radius 2 is 1.28 bits per heavy atom. The molecule has 10 heteroatoms. The average molecular weight is 454 g/mol. The van der Waals surface area contributed by atoms with Crippen molar-refractivity contribution >= 4 is 118 Å². The van der Waals surface area contributed by atoms with Crippen molar-refractivity contribution in [3.8, 4) is 0 Å². The number of hydrogen-bond acceptors (Lipinski definition) is 3. The first kappa shape index (κ1) is 21.8. The minimum absolute atomic E-state index is 0.0597. The maximum absolute atomic E-state index is 2.98. The van der Waals surface area contributed by atoms with Gasteiger partial charge in [-0.3, -0.25) is 0 Å². The summed E-state index contributed by atoms with van der Waals surface area (Å²) in [5, 5.41) is 0. The Morgan fingerprint density at radius 1 is 0.889 bits per heavy atom. The van der Waals surface area contributed by atoms with Gasteiger partial charge in [-0.05, 0) is 0 Å². The van der Waals surface area contributed by atoms with Gasteiger partial charge in [-0.1, -0.05) is 0 Å². The van der Waals surface area contributed by atoms with Gasteiger partial charge in [-0.2, -0.15) is 0 Å². The van der Waals surface area contributed by atoms with Crippen molar-refractivity contribution in [2.45, 2.75) is 50.1 Å². The summed E-state index contributed by atoms with van der Waals surface area (Å²) in [5.41, 5.74) is 0. The molecule has 0 saturated heterocycles. The first-order valence-electron chi connectivity index (χ1n) is 6.50. The second kappa shape index (κ2) is 9.19. The van der Waals surface area contributed by atoms with Crippen LogP contribution in [-0.2, 0) is 0 Å². The monoisotopic (exact) mass is 454 g/mol. The van der Waals surface area contributed by atoms with Crippen LogP contribution in [0.4, 0.5) is 0 Å². The van der Waals surface area contributed by atoms with Crippen LogP contribution in [0.3, 0.4) is 0 Å². The molecule has 0 aromatic heterocycles. The van der Waals surface area contributed by atoms with Crippen LogP contribution in [0.2, 0.25) is 8.55 Å². The quantitative estimate of drug-likeness (QED) is 0.292. The van der Waals surface area contributed by atoms with Crippen molar-refractivity contribution in [2.75, 3.05) is 0 Å². The summed E-state index contributed by atoms with van der Waals surface area (Å²) in [5.74, 6) is 0. The first-order chi connectivity index (χ1) is 7.83. The van der Waals surface area contributed by atoms with E-state index in [-0.39, 0.29) is 30.9 Å². The molecule has 18 heavy (non-hydrogen) atoms. The van der Waals surface area contributed by atoms with Crippen molar-refractivity contribution in [3.05, 3.63) is 0 Å². The molecule has 0 aliphatic rings. The molecule has 98 valence electrons. The Bertz CT molecular complexity index is 232. The second-order valence-corrected chi connectivity index (χ2v) is 38.1. The first-order valence-corrected chi connectivity index (χ1v) is 15.4. The van der Waals surface area contributed by atoms with E-state index in [1.54, 1.807) is 0 Å². The van der Waals surface area contributed by atoms with Gasteiger partial charge < -0.3 is 0 Å². The molecule has 3 nitrogen and oxygen atoms in total. The van der Waals surface area contributed by atoms with E-state index in [4.69, 9.17) is 0 Å². The zero-order valence-corrected chi connectivity index (χ0v) is 26.2. The Kier molecular flexibility index (Phi) is 11.1. The summed E-state index contributed by atoms with van der Waals surface area (Å²) >= 11 is 4.85. The summed E-state index contributed by atoms with van der Waals surface area (Å²) < 4.78 is 9.87. The third kappa shape index (κ3) is 10.5. The fourth-order valence-electron chi connectivity index (χ4n) is 1.93. The molecule has 0 amide bonds. The molecular weight excluding hydrogens is 427 g/mol. The predicted molar refractivity (Wildman–Crippen MR) is 106 cm³/mol. The van der Waals surface area contributed by atoms with Crippen LogP contribution < -0.4 is 0 Å². The summed E-state index contributed by atoms with van der Waals surface area (Å²) in [6.45, 7) is 14.6. The summed E-state index contributed by atoms with van der Waals surface area (Å²) in [7, 11) is 0.